The number of carbonyl (C=O) groups is 1. The van der Waals surface area contributed by atoms with Gasteiger partial charge in [0.05, 0.1) is 27.3 Å². The van der Waals surface area contributed by atoms with E-state index in [0.717, 1.165) is 42.7 Å². The highest BCUT2D eigenvalue weighted by atomic mass is 35.5. The smallest absolute Gasteiger partial charge is 0.233 e. The van der Waals surface area contributed by atoms with Crippen LogP contribution in [0.5, 0.6) is 0 Å². The number of nitrogens with one attached hydrogen (secondary N) is 1. The first kappa shape index (κ1) is 29.1. The molecule has 0 bridgehead atoms. The minimum absolute atomic E-state index is 0.0779. The van der Waals surface area contributed by atoms with Gasteiger partial charge in [0.15, 0.2) is 0 Å². The highest BCUT2D eigenvalue weighted by Crippen LogP contribution is 2.56. The standard InChI is InChI=1S/C31H35Cl2N3O3S/c1-35(21-23-9-5-3-6-10-23)29(37)31(25-13-14-27(32)28(33)19-25)20-26(31)22-36-17-15-30(16-18-36,34-40(2,38)39)24-11-7-4-8-12-24/h3-14,19,26,34H,15-18,20-22H2,1-2H3/t26-,31+/m0/s1. The number of hydrogen-bond acceptors (Lipinski definition) is 4. The van der Waals surface area contributed by atoms with Gasteiger partial charge in [0.25, 0.3) is 0 Å². The van der Waals surface area contributed by atoms with Gasteiger partial charge in [0.1, 0.15) is 0 Å². The van der Waals surface area contributed by atoms with Gasteiger partial charge in [-0.25, -0.2) is 13.1 Å². The lowest BCUT2D eigenvalue weighted by molar-refractivity contribution is -0.133. The number of benzene rings is 3. The summed E-state index contributed by atoms with van der Waals surface area (Å²) in [5.41, 5.74) is 1.64. The number of likely N-dealkylation sites (tertiary alicyclic amines) is 1. The van der Waals surface area contributed by atoms with E-state index in [0.29, 0.717) is 29.4 Å². The van der Waals surface area contributed by atoms with E-state index in [4.69, 9.17) is 23.2 Å². The molecule has 0 unspecified atom stereocenters. The van der Waals surface area contributed by atoms with Gasteiger partial charge in [-0.1, -0.05) is 89.9 Å². The summed E-state index contributed by atoms with van der Waals surface area (Å²) in [5, 5.41) is 0.912. The maximum atomic E-state index is 14.1. The lowest BCUT2D eigenvalue weighted by Gasteiger charge is -2.42. The van der Waals surface area contributed by atoms with Crippen LogP contribution in [-0.2, 0) is 32.3 Å². The van der Waals surface area contributed by atoms with Crippen molar-refractivity contribution in [1.82, 2.24) is 14.5 Å². The molecule has 1 amide bonds. The minimum Gasteiger partial charge on any atom is -0.341 e. The van der Waals surface area contributed by atoms with E-state index in [-0.39, 0.29) is 11.8 Å². The van der Waals surface area contributed by atoms with Crippen LogP contribution in [0.2, 0.25) is 10.0 Å². The Labute approximate surface area is 247 Å². The van der Waals surface area contributed by atoms with Crippen molar-refractivity contribution in [3.63, 3.8) is 0 Å². The van der Waals surface area contributed by atoms with Crippen LogP contribution in [0.15, 0.2) is 78.9 Å². The van der Waals surface area contributed by atoms with Crippen LogP contribution in [0.25, 0.3) is 0 Å². The maximum Gasteiger partial charge on any atom is 0.233 e. The molecular formula is C31H35Cl2N3O3S. The summed E-state index contributed by atoms with van der Waals surface area (Å²) < 4.78 is 27.6. The predicted molar refractivity (Wildman–Crippen MR) is 161 cm³/mol. The second kappa shape index (κ2) is 11.5. The monoisotopic (exact) mass is 599 g/mol. The van der Waals surface area contributed by atoms with Crippen LogP contribution in [0.3, 0.4) is 0 Å². The molecule has 9 heteroatoms. The van der Waals surface area contributed by atoms with Crippen molar-refractivity contribution in [3.05, 3.63) is 106 Å². The zero-order chi connectivity index (χ0) is 28.5. The highest BCUT2D eigenvalue weighted by molar-refractivity contribution is 7.88. The Balaban J connectivity index is 1.35. The van der Waals surface area contributed by atoms with Gasteiger partial charge in [-0.2, -0.15) is 0 Å². The molecule has 1 aliphatic heterocycles. The molecule has 5 rings (SSSR count). The summed E-state index contributed by atoms with van der Waals surface area (Å²) in [7, 11) is -1.55. The number of nitrogens with zero attached hydrogens (tertiary/aromatic N) is 2. The normalized spacial score (nSPS) is 22.6. The van der Waals surface area contributed by atoms with Crippen molar-refractivity contribution >= 4 is 39.1 Å². The molecule has 40 heavy (non-hydrogen) atoms. The molecule has 2 fully saturated rings. The number of rotatable bonds is 9. The van der Waals surface area contributed by atoms with Crippen LogP contribution in [-0.4, -0.2) is 57.1 Å². The first-order valence-corrected chi connectivity index (χ1v) is 16.2. The molecule has 1 saturated heterocycles. The summed E-state index contributed by atoms with van der Waals surface area (Å²) in [6, 6.07) is 25.3. The molecule has 2 atom stereocenters. The van der Waals surface area contributed by atoms with E-state index in [9.17, 15) is 13.2 Å². The maximum absolute atomic E-state index is 14.1. The van der Waals surface area contributed by atoms with E-state index < -0.39 is 21.0 Å². The van der Waals surface area contributed by atoms with Gasteiger partial charge >= 0.3 is 0 Å². The molecule has 1 saturated carbocycles. The third-order valence-electron chi connectivity index (χ3n) is 8.43. The number of halogens is 2. The molecule has 1 aliphatic carbocycles. The predicted octanol–water partition coefficient (Wildman–Crippen LogP) is 5.45. The largest absolute Gasteiger partial charge is 0.341 e. The van der Waals surface area contributed by atoms with Gasteiger partial charge < -0.3 is 9.80 Å². The zero-order valence-corrected chi connectivity index (χ0v) is 25.1. The lowest BCUT2D eigenvalue weighted by Crippen LogP contribution is -2.53. The fourth-order valence-corrected chi connectivity index (χ4v) is 7.65. The summed E-state index contributed by atoms with van der Waals surface area (Å²) in [6.07, 6.45) is 3.25. The molecule has 6 nitrogen and oxygen atoms in total. The number of piperidine rings is 1. The summed E-state index contributed by atoms with van der Waals surface area (Å²) in [5.74, 6) is 0.191. The molecule has 3 aromatic rings. The van der Waals surface area contributed by atoms with Crippen LogP contribution in [0.1, 0.15) is 36.0 Å². The SMILES string of the molecule is CN(Cc1ccccc1)C(=O)[C@@]1(c2ccc(Cl)c(Cl)c2)C[C@H]1CN1CCC(NS(C)(=O)=O)(c2ccccc2)CC1. The number of hydrogen-bond donors (Lipinski definition) is 1. The minimum atomic E-state index is -3.41. The Morgan fingerprint density at radius 2 is 1.57 bits per heavy atom. The molecule has 1 heterocycles. The van der Waals surface area contributed by atoms with Crippen molar-refractivity contribution in [1.29, 1.82) is 0 Å². The van der Waals surface area contributed by atoms with Crippen LogP contribution in [0.4, 0.5) is 0 Å². The second-order valence-electron chi connectivity index (χ2n) is 11.3. The van der Waals surface area contributed by atoms with E-state index in [1.807, 2.05) is 84.7 Å². The van der Waals surface area contributed by atoms with Gasteiger partial charge in [-0.3, -0.25) is 4.79 Å². The third kappa shape index (κ3) is 6.09. The van der Waals surface area contributed by atoms with Crippen molar-refractivity contribution in [3.8, 4) is 0 Å². The molecule has 212 valence electrons. The van der Waals surface area contributed by atoms with Crippen molar-refractivity contribution in [2.24, 2.45) is 5.92 Å². The van der Waals surface area contributed by atoms with Crippen molar-refractivity contribution < 1.29 is 13.2 Å². The Morgan fingerprint density at radius 3 is 2.17 bits per heavy atom. The van der Waals surface area contributed by atoms with E-state index in [1.165, 1.54) is 6.26 Å². The van der Waals surface area contributed by atoms with E-state index in [1.54, 1.807) is 6.07 Å². The van der Waals surface area contributed by atoms with Crippen LogP contribution in [0, 0.1) is 5.92 Å². The highest BCUT2D eigenvalue weighted by Gasteiger charge is 2.62. The van der Waals surface area contributed by atoms with Crippen molar-refractivity contribution in [2.45, 2.75) is 36.8 Å². The summed E-state index contributed by atoms with van der Waals surface area (Å²) in [4.78, 5) is 18.3. The Hall–Kier alpha value is -2.42. The molecule has 0 radical (unpaired) electrons. The fourth-order valence-electron chi connectivity index (χ4n) is 6.32. The van der Waals surface area contributed by atoms with Gasteiger partial charge in [-0.15, -0.1) is 0 Å². The summed E-state index contributed by atoms with van der Waals surface area (Å²) >= 11 is 12.7. The Kier molecular flexibility index (Phi) is 8.33. The third-order valence-corrected chi connectivity index (χ3v) is 9.93. The first-order chi connectivity index (χ1) is 19.0. The molecule has 2 aliphatic rings. The molecular weight excluding hydrogens is 565 g/mol. The number of amides is 1. The average Bonchev–Trinajstić information content (AvgIpc) is 3.65. The molecule has 0 spiro atoms. The van der Waals surface area contributed by atoms with E-state index >= 15 is 0 Å². The average molecular weight is 601 g/mol. The Morgan fingerprint density at radius 1 is 0.950 bits per heavy atom. The molecule has 3 aromatic carbocycles. The fraction of sp³-hybridized carbons (Fsp3) is 0.387. The molecule has 1 N–H and O–H groups in total. The lowest BCUT2D eigenvalue weighted by atomic mass is 9.81. The second-order valence-corrected chi connectivity index (χ2v) is 13.8. The summed E-state index contributed by atoms with van der Waals surface area (Å²) in [6.45, 7) is 2.71. The van der Waals surface area contributed by atoms with Gasteiger partial charge in [0.2, 0.25) is 15.9 Å². The first-order valence-electron chi connectivity index (χ1n) is 13.5. The van der Waals surface area contributed by atoms with E-state index in [2.05, 4.69) is 9.62 Å². The number of carbonyl (C=O) groups excluding carboxylic acids is 1. The van der Waals surface area contributed by atoms with Crippen LogP contribution >= 0.6 is 23.2 Å². The van der Waals surface area contributed by atoms with Crippen molar-refractivity contribution in [2.75, 3.05) is 32.9 Å². The topological polar surface area (TPSA) is 69.7 Å². The van der Waals surface area contributed by atoms with Gasteiger partial charge in [-0.05, 0) is 54.0 Å². The zero-order valence-electron chi connectivity index (χ0n) is 22.8. The number of sulfonamides is 1. The Bertz CT molecular complexity index is 1460. The van der Waals surface area contributed by atoms with Crippen LogP contribution < -0.4 is 4.72 Å². The molecule has 0 aromatic heterocycles. The quantitative estimate of drug-likeness (QED) is 0.355. The number of likely N-dealkylation sites (N-methyl/N-ethyl adjacent to an activating group) is 1. The van der Waals surface area contributed by atoms with Gasteiger partial charge in [0, 0.05) is 33.2 Å².